The number of benzene rings is 1. The molecule has 0 aliphatic carbocycles. The van der Waals surface area contributed by atoms with Gasteiger partial charge in [0.2, 0.25) is 0 Å². The molecule has 1 unspecified atom stereocenters. The van der Waals surface area contributed by atoms with E-state index in [1.54, 1.807) is 4.90 Å². The highest BCUT2D eigenvalue weighted by Gasteiger charge is 2.21. The first-order valence-electron chi connectivity index (χ1n) is 6.45. The van der Waals surface area contributed by atoms with E-state index in [1.165, 1.54) is 0 Å². The molecule has 3 N–H and O–H groups in total. The van der Waals surface area contributed by atoms with Gasteiger partial charge < -0.3 is 16.0 Å². The molecule has 1 aromatic rings. The van der Waals surface area contributed by atoms with Gasteiger partial charge in [-0.25, -0.2) is 4.79 Å². The molecule has 1 aromatic carbocycles. The molecule has 0 aromatic heterocycles. The normalized spacial score (nSPS) is 23.2. The summed E-state index contributed by atoms with van der Waals surface area (Å²) in [6, 6.07) is 8.55. The fourth-order valence-electron chi connectivity index (χ4n) is 2.50. The van der Waals surface area contributed by atoms with E-state index in [4.69, 9.17) is 0 Å². The molecular weight excluding hydrogens is 228 g/mol. The van der Waals surface area contributed by atoms with Gasteiger partial charge in [-0.3, -0.25) is 4.90 Å². The lowest BCUT2D eigenvalue weighted by atomic mass is 10.2. The zero-order valence-electron chi connectivity index (χ0n) is 10.3. The van der Waals surface area contributed by atoms with Crippen molar-refractivity contribution < 1.29 is 4.79 Å². The fraction of sp³-hybridized carbons (Fsp3) is 0.462. The third-order valence-electron chi connectivity index (χ3n) is 3.45. The maximum atomic E-state index is 11.6. The summed E-state index contributed by atoms with van der Waals surface area (Å²) in [5.74, 6) is 0. The number of nitrogens with zero attached hydrogens (tertiary/aromatic N) is 1. The Morgan fingerprint density at radius 2 is 2.28 bits per heavy atom. The van der Waals surface area contributed by atoms with Crippen LogP contribution in [0.3, 0.4) is 0 Å². The maximum absolute atomic E-state index is 11.6. The predicted molar refractivity (Wildman–Crippen MR) is 72.1 cm³/mol. The van der Waals surface area contributed by atoms with E-state index in [-0.39, 0.29) is 6.03 Å². The number of carbonyl (C=O) groups excluding carboxylic acids is 1. The first kappa shape index (κ1) is 11.3. The maximum Gasteiger partial charge on any atom is 0.321 e. The lowest BCUT2D eigenvalue weighted by Crippen LogP contribution is -2.28. The van der Waals surface area contributed by atoms with Crippen molar-refractivity contribution in [2.45, 2.75) is 12.5 Å². The number of urea groups is 1. The number of carbonyl (C=O) groups is 1. The minimum absolute atomic E-state index is 0.00492. The number of hydrogen-bond donors (Lipinski definition) is 3. The topological polar surface area (TPSA) is 56.4 Å². The fourth-order valence-corrected chi connectivity index (χ4v) is 2.50. The molecule has 1 atom stereocenters. The third-order valence-corrected chi connectivity index (χ3v) is 3.45. The van der Waals surface area contributed by atoms with Crippen LogP contribution in [0.5, 0.6) is 0 Å². The van der Waals surface area contributed by atoms with Crippen molar-refractivity contribution in [3.8, 4) is 0 Å². The molecule has 2 saturated heterocycles. The average Bonchev–Trinajstić information content (AvgIpc) is 3.01. The van der Waals surface area contributed by atoms with Crippen molar-refractivity contribution in [1.29, 1.82) is 0 Å². The molecule has 0 bridgehead atoms. The van der Waals surface area contributed by atoms with E-state index in [2.05, 4.69) is 22.0 Å². The number of amides is 2. The lowest BCUT2D eigenvalue weighted by molar-refractivity contribution is 0.252. The first-order chi connectivity index (χ1) is 8.83. The van der Waals surface area contributed by atoms with Gasteiger partial charge in [0.05, 0.1) is 0 Å². The quantitative estimate of drug-likeness (QED) is 0.745. The minimum atomic E-state index is -0.00492. The molecule has 96 valence electrons. The summed E-state index contributed by atoms with van der Waals surface area (Å²) in [6.07, 6.45) is 1.15. The summed E-state index contributed by atoms with van der Waals surface area (Å²) >= 11 is 0. The third kappa shape index (κ3) is 2.26. The molecule has 0 radical (unpaired) electrons. The zero-order chi connectivity index (χ0) is 12.4. The van der Waals surface area contributed by atoms with Crippen LogP contribution in [0.4, 0.5) is 16.2 Å². The highest BCUT2D eigenvalue weighted by atomic mass is 16.2. The standard InChI is InChI=1S/C13H18N4O/c18-13-15-6-7-17(13)12-3-1-2-10(8-12)16-11-4-5-14-9-11/h1-3,8,11,14,16H,4-7,9H2,(H,15,18). The van der Waals surface area contributed by atoms with Crippen LogP contribution >= 0.6 is 0 Å². The first-order valence-corrected chi connectivity index (χ1v) is 6.45. The molecule has 0 spiro atoms. The Balaban J connectivity index is 1.73. The summed E-state index contributed by atoms with van der Waals surface area (Å²) in [6.45, 7) is 3.55. The number of nitrogens with one attached hydrogen (secondary N) is 3. The largest absolute Gasteiger partial charge is 0.381 e. The van der Waals surface area contributed by atoms with E-state index in [9.17, 15) is 4.79 Å². The SMILES string of the molecule is O=C1NCCN1c1cccc(NC2CCNC2)c1. The van der Waals surface area contributed by atoms with Crippen molar-refractivity contribution in [2.75, 3.05) is 36.4 Å². The number of anilines is 2. The van der Waals surface area contributed by atoms with Crippen molar-refractivity contribution in [3.05, 3.63) is 24.3 Å². The molecule has 2 aliphatic rings. The Morgan fingerprint density at radius 3 is 3.00 bits per heavy atom. The van der Waals surface area contributed by atoms with E-state index < -0.39 is 0 Å². The van der Waals surface area contributed by atoms with Crippen LogP contribution in [0.1, 0.15) is 6.42 Å². The summed E-state index contributed by atoms with van der Waals surface area (Å²) in [7, 11) is 0. The summed E-state index contributed by atoms with van der Waals surface area (Å²) < 4.78 is 0. The second-order valence-corrected chi connectivity index (χ2v) is 4.77. The monoisotopic (exact) mass is 246 g/mol. The Bertz CT molecular complexity index is 442. The van der Waals surface area contributed by atoms with Gasteiger partial charge in [0.25, 0.3) is 0 Å². The Kier molecular flexibility index (Phi) is 3.06. The minimum Gasteiger partial charge on any atom is -0.381 e. The summed E-state index contributed by atoms with van der Waals surface area (Å²) in [5.41, 5.74) is 2.04. The van der Waals surface area contributed by atoms with Gasteiger partial charge in [-0.05, 0) is 31.2 Å². The van der Waals surface area contributed by atoms with Crippen molar-refractivity contribution >= 4 is 17.4 Å². The molecule has 2 aliphatic heterocycles. The molecule has 2 amide bonds. The van der Waals surface area contributed by atoms with Crippen LogP contribution < -0.4 is 20.9 Å². The second-order valence-electron chi connectivity index (χ2n) is 4.77. The van der Waals surface area contributed by atoms with Gasteiger partial charge >= 0.3 is 6.03 Å². The van der Waals surface area contributed by atoms with Crippen molar-refractivity contribution in [2.24, 2.45) is 0 Å². The highest BCUT2D eigenvalue weighted by molar-refractivity contribution is 5.94. The smallest absolute Gasteiger partial charge is 0.321 e. The van der Waals surface area contributed by atoms with E-state index >= 15 is 0 Å². The van der Waals surface area contributed by atoms with Gasteiger partial charge in [0, 0.05) is 37.1 Å². The summed E-state index contributed by atoms with van der Waals surface area (Å²) in [5, 5.41) is 9.65. The number of rotatable bonds is 3. The molecule has 18 heavy (non-hydrogen) atoms. The van der Waals surface area contributed by atoms with E-state index in [0.717, 1.165) is 44.0 Å². The Hall–Kier alpha value is -1.75. The van der Waals surface area contributed by atoms with E-state index in [1.807, 2.05) is 18.2 Å². The van der Waals surface area contributed by atoms with Gasteiger partial charge in [-0.2, -0.15) is 0 Å². The predicted octanol–water partition coefficient (Wildman–Crippen LogP) is 0.990. The molecular formula is C13H18N4O. The molecule has 5 heteroatoms. The highest BCUT2D eigenvalue weighted by Crippen LogP contribution is 2.22. The van der Waals surface area contributed by atoms with Crippen LogP contribution in [0.15, 0.2) is 24.3 Å². The molecule has 3 rings (SSSR count). The van der Waals surface area contributed by atoms with Gasteiger partial charge in [0.1, 0.15) is 0 Å². The van der Waals surface area contributed by atoms with E-state index in [0.29, 0.717) is 6.04 Å². The number of hydrogen-bond acceptors (Lipinski definition) is 3. The zero-order valence-corrected chi connectivity index (χ0v) is 10.3. The lowest BCUT2D eigenvalue weighted by Gasteiger charge is -2.17. The second kappa shape index (κ2) is 4.86. The van der Waals surface area contributed by atoms with Gasteiger partial charge in [-0.15, -0.1) is 0 Å². The van der Waals surface area contributed by atoms with Crippen LogP contribution in [0, 0.1) is 0 Å². The van der Waals surface area contributed by atoms with Crippen LogP contribution in [0.25, 0.3) is 0 Å². The van der Waals surface area contributed by atoms with Crippen molar-refractivity contribution in [1.82, 2.24) is 10.6 Å². The molecule has 0 saturated carbocycles. The Morgan fingerprint density at radius 1 is 1.33 bits per heavy atom. The van der Waals surface area contributed by atoms with Gasteiger partial charge in [-0.1, -0.05) is 6.07 Å². The van der Waals surface area contributed by atoms with Crippen LogP contribution in [0.2, 0.25) is 0 Å². The van der Waals surface area contributed by atoms with Crippen molar-refractivity contribution in [3.63, 3.8) is 0 Å². The van der Waals surface area contributed by atoms with Crippen LogP contribution in [-0.4, -0.2) is 38.3 Å². The molecule has 2 fully saturated rings. The summed E-state index contributed by atoms with van der Waals surface area (Å²) in [4.78, 5) is 13.4. The Labute approximate surface area is 107 Å². The van der Waals surface area contributed by atoms with Gasteiger partial charge in [0.15, 0.2) is 0 Å². The average molecular weight is 246 g/mol. The van der Waals surface area contributed by atoms with Crippen LogP contribution in [-0.2, 0) is 0 Å². The molecule has 5 nitrogen and oxygen atoms in total. The molecule has 2 heterocycles.